The predicted molar refractivity (Wildman–Crippen MR) is 59.2 cm³/mol. The van der Waals surface area contributed by atoms with Gasteiger partial charge in [0.05, 0.1) is 18.8 Å². The first-order valence-corrected chi connectivity index (χ1v) is 5.27. The van der Waals surface area contributed by atoms with Crippen LogP contribution >= 0.6 is 0 Å². The minimum Gasteiger partial charge on any atom is -0.508 e. The van der Waals surface area contributed by atoms with Crippen LogP contribution in [0.25, 0.3) is 11.3 Å². The van der Waals surface area contributed by atoms with Crippen LogP contribution < -0.4 is 0 Å². The van der Waals surface area contributed by atoms with Gasteiger partial charge in [0, 0.05) is 23.7 Å². The van der Waals surface area contributed by atoms with Gasteiger partial charge in [-0.2, -0.15) is 5.10 Å². The van der Waals surface area contributed by atoms with Gasteiger partial charge in [-0.15, -0.1) is 0 Å². The molecule has 0 spiro atoms. The van der Waals surface area contributed by atoms with E-state index in [9.17, 15) is 5.11 Å². The second kappa shape index (κ2) is 3.35. The molecule has 4 heteroatoms. The summed E-state index contributed by atoms with van der Waals surface area (Å²) in [5, 5.41) is 22.7. The van der Waals surface area contributed by atoms with Crippen molar-refractivity contribution in [2.24, 2.45) is 0 Å². The van der Waals surface area contributed by atoms with Crippen LogP contribution in [0, 0.1) is 0 Å². The maximum atomic E-state index is 9.39. The van der Waals surface area contributed by atoms with E-state index in [0.717, 1.165) is 28.8 Å². The second-order valence-electron chi connectivity index (χ2n) is 4.01. The Morgan fingerprint density at radius 2 is 2.19 bits per heavy atom. The molecular weight excluding hydrogens is 204 g/mol. The Morgan fingerprint density at radius 3 is 3.00 bits per heavy atom. The number of phenolic OH excluding ortho intramolecular Hbond substituents is 1. The van der Waals surface area contributed by atoms with E-state index in [1.54, 1.807) is 16.8 Å². The van der Waals surface area contributed by atoms with Gasteiger partial charge in [0.2, 0.25) is 0 Å². The lowest BCUT2D eigenvalue weighted by molar-refractivity contribution is 0.269. The van der Waals surface area contributed by atoms with Gasteiger partial charge in [0.25, 0.3) is 0 Å². The van der Waals surface area contributed by atoms with Gasteiger partial charge in [0.15, 0.2) is 0 Å². The van der Waals surface area contributed by atoms with Crippen molar-refractivity contribution in [3.63, 3.8) is 0 Å². The first kappa shape index (κ1) is 9.42. The third-order valence-electron chi connectivity index (χ3n) is 2.89. The molecule has 0 atom stereocenters. The number of fused-ring (bicyclic) bond motifs is 3. The Labute approximate surface area is 92.8 Å². The highest BCUT2D eigenvalue weighted by Crippen LogP contribution is 2.36. The monoisotopic (exact) mass is 216 g/mol. The zero-order valence-electron chi connectivity index (χ0n) is 8.72. The maximum absolute atomic E-state index is 9.39. The topological polar surface area (TPSA) is 58.3 Å². The highest BCUT2D eigenvalue weighted by molar-refractivity contribution is 5.73. The number of hydrogen-bond acceptors (Lipinski definition) is 3. The highest BCUT2D eigenvalue weighted by atomic mass is 16.3. The zero-order valence-corrected chi connectivity index (χ0v) is 8.72. The molecule has 2 N–H and O–H groups in total. The Bertz CT molecular complexity index is 546. The molecule has 0 bridgehead atoms. The van der Waals surface area contributed by atoms with Gasteiger partial charge in [-0.3, -0.25) is 4.68 Å². The van der Waals surface area contributed by atoms with Gasteiger partial charge in [-0.1, -0.05) is 0 Å². The quantitative estimate of drug-likeness (QED) is 0.675. The van der Waals surface area contributed by atoms with E-state index in [1.807, 2.05) is 12.3 Å². The minimum absolute atomic E-state index is 0.100. The second-order valence-corrected chi connectivity index (χ2v) is 4.01. The Morgan fingerprint density at radius 1 is 1.31 bits per heavy atom. The fourth-order valence-corrected chi connectivity index (χ4v) is 2.20. The average molecular weight is 216 g/mol. The van der Waals surface area contributed by atoms with Crippen LogP contribution in [-0.4, -0.2) is 26.6 Å². The fraction of sp³-hybridized carbons (Fsp3) is 0.250. The molecule has 4 nitrogen and oxygen atoms in total. The van der Waals surface area contributed by atoms with Crippen LogP contribution in [0.2, 0.25) is 0 Å². The highest BCUT2D eigenvalue weighted by Gasteiger charge is 2.22. The van der Waals surface area contributed by atoms with E-state index in [4.69, 9.17) is 5.11 Å². The van der Waals surface area contributed by atoms with E-state index in [-0.39, 0.29) is 6.61 Å². The molecule has 1 aromatic heterocycles. The first-order valence-electron chi connectivity index (χ1n) is 5.27. The van der Waals surface area contributed by atoms with Crippen LogP contribution in [0.15, 0.2) is 24.4 Å². The maximum Gasteiger partial charge on any atom is 0.115 e. The first-order chi connectivity index (χ1) is 7.78. The molecule has 1 aliphatic carbocycles. The number of aliphatic hydroxyl groups excluding tert-OH is 1. The number of nitrogens with zero attached hydrogens (tertiary/aromatic N) is 2. The smallest absolute Gasteiger partial charge is 0.115 e. The summed E-state index contributed by atoms with van der Waals surface area (Å²) < 4.78 is 1.76. The molecule has 16 heavy (non-hydrogen) atoms. The molecule has 1 heterocycles. The van der Waals surface area contributed by atoms with Crippen molar-refractivity contribution in [3.8, 4) is 17.0 Å². The number of aromatic hydroxyl groups is 1. The summed E-state index contributed by atoms with van der Waals surface area (Å²) in [5.74, 6) is 0.298. The van der Waals surface area contributed by atoms with E-state index < -0.39 is 0 Å². The molecule has 82 valence electrons. The molecule has 1 aliphatic rings. The average Bonchev–Trinajstić information content (AvgIpc) is 2.74. The summed E-state index contributed by atoms with van der Waals surface area (Å²) in [7, 11) is 0. The Balaban J connectivity index is 2.06. The number of hydrogen-bond donors (Lipinski definition) is 2. The summed E-state index contributed by atoms with van der Waals surface area (Å²) in [6.45, 7) is 0.628. The van der Waals surface area contributed by atoms with Crippen molar-refractivity contribution >= 4 is 0 Å². The van der Waals surface area contributed by atoms with Crippen molar-refractivity contribution in [1.82, 2.24) is 9.78 Å². The third kappa shape index (κ3) is 1.31. The van der Waals surface area contributed by atoms with Crippen LogP contribution in [0.5, 0.6) is 5.75 Å². The third-order valence-corrected chi connectivity index (χ3v) is 2.89. The number of aromatic nitrogens is 2. The summed E-state index contributed by atoms with van der Waals surface area (Å²) >= 11 is 0. The van der Waals surface area contributed by atoms with Crippen LogP contribution in [0.4, 0.5) is 0 Å². The summed E-state index contributed by atoms with van der Waals surface area (Å²) in [5.41, 5.74) is 4.34. The molecule has 0 saturated carbocycles. The molecule has 0 amide bonds. The van der Waals surface area contributed by atoms with Crippen LogP contribution in [0.3, 0.4) is 0 Å². The molecule has 0 unspecified atom stereocenters. The lowest BCUT2D eigenvalue weighted by Gasteiger charge is -2.01. The summed E-state index contributed by atoms with van der Waals surface area (Å²) in [6.07, 6.45) is 2.77. The fourth-order valence-electron chi connectivity index (χ4n) is 2.20. The summed E-state index contributed by atoms with van der Waals surface area (Å²) in [6, 6.07) is 5.36. The van der Waals surface area contributed by atoms with Gasteiger partial charge < -0.3 is 10.2 Å². The molecule has 1 aromatic carbocycles. The molecule has 3 rings (SSSR count). The number of phenols is 1. The molecular formula is C12H12N2O2. The van der Waals surface area contributed by atoms with E-state index in [2.05, 4.69) is 5.10 Å². The molecule has 0 radical (unpaired) electrons. The number of rotatable bonds is 2. The predicted octanol–water partition coefficient (Wildman–Crippen LogP) is 1.15. The number of aliphatic hydroxyl groups is 1. The zero-order chi connectivity index (χ0) is 11.1. The molecule has 0 fully saturated rings. The van der Waals surface area contributed by atoms with Crippen LogP contribution in [-0.2, 0) is 13.0 Å². The lowest BCUT2D eigenvalue weighted by atomic mass is 10.1. The van der Waals surface area contributed by atoms with Crippen molar-refractivity contribution in [3.05, 3.63) is 35.5 Å². The van der Waals surface area contributed by atoms with E-state index >= 15 is 0 Å². The van der Waals surface area contributed by atoms with Gasteiger partial charge in [-0.05, 0) is 23.8 Å². The Hall–Kier alpha value is -1.81. The lowest BCUT2D eigenvalue weighted by Crippen LogP contribution is -2.02. The minimum atomic E-state index is 0.100. The van der Waals surface area contributed by atoms with E-state index in [0.29, 0.717) is 12.3 Å². The van der Waals surface area contributed by atoms with Gasteiger partial charge in [0.1, 0.15) is 5.75 Å². The van der Waals surface area contributed by atoms with Gasteiger partial charge in [-0.25, -0.2) is 0 Å². The Kier molecular flexibility index (Phi) is 1.97. The molecule has 0 aliphatic heterocycles. The van der Waals surface area contributed by atoms with E-state index in [1.165, 1.54) is 0 Å². The standard InChI is InChI=1S/C12H12N2O2/c15-4-3-14-7-9-5-8-6-10(16)1-2-11(8)12(9)13-14/h1-2,6-7,15-16H,3-5H2. The largest absolute Gasteiger partial charge is 0.508 e. The number of benzene rings is 1. The van der Waals surface area contributed by atoms with Crippen molar-refractivity contribution in [2.45, 2.75) is 13.0 Å². The molecule has 2 aromatic rings. The van der Waals surface area contributed by atoms with Crippen LogP contribution in [0.1, 0.15) is 11.1 Å². The molecule has 0 saturated heterocycles. The van der Waals surface area contributed by atoms with Gasteiger partial charge >= 0.3 is 0 Å². The SMILES string of the molecule is OCCn1cc2c(n1)-c1ccc(O)cc1C2. The summed E-state index contributed by atoms with van der Waals surface area (Å²) in [4.78, 5) is 0. The van der Waals surface area contributed by atoms with Crippen molar-refractivity contribution < 1.29 is 10.2 Å². The normalized spacial score (nSPS) is 12.6. The van der Waals surface area contributed by atoms with Crippen molar-refractivity contribution in [1.29, 1.82) is 0 Å². The van der Waals surface area contributed by atoms with Crippen molar-refractivity contribution in [2.75, 3.05) is 6.61 Å².